The summed E-state index contributed by atoms with van der Waals surface area (Å²) in [5, 5.41) is 0. The van der Waals surface area contributed by atoms with E-state index in [1.807, 2.05) is 4.90 Å². The number of piperazine rings is 1. The van der Waals surface area contributed by atoms with Crippen molar-refractivity contribution in [3.8, 4) is 0 Å². The Morgan fingerprint density at radius 2 is 1.76 bits per heavy atom. The molecule has 0 atom stereocenters. The second kappa shape index (κ2) is 4.60. The molecule has 0 aromatic rings. The van der Waals surface area contributed by atoms with Crippen molar-refractivity contribution in [2.45, 2.75) is 72.0 Å². The van der Waals surface area contributed by atoms with Gasteiger partial charge in [-0.25, -0.2) is 0 Å². The third-order valence-corrected chi connectivity index (χ3v) is 3.65. The Bertz CT molecular complexity index is 295. The first-order valence-corrected chi connectivity index (χ1v) is 6.73. The van der Waals surface area contributed by atoms with Crippen LogP contribution in [0.15, 0.2) is 0 Å². The van der Waals surface area contributed by atoms with Gasteiger partial charge in [0.15, 0.2) is 0 Å². The normalized spacial score (nSPS) is 24.5. The zero-order chi connectivity index (χ0) is 13.4. The number of nitrogens with zero attached hydrogens (tertiary/aromatic N) is 2. The van der Waals surface area contributed by atoms with Crippen molar-refractivity contribution in [2.24, 2.45) is 0 Å². The van der Waals surface area contributed by atoms with E-state index in [2.05, 4.69) is 53.4 Å². The molecule has 1 heterocycles. The van der Waals surface area contributed by atoms with E-state index in [-0.39, 0.29) is 11.4 Å². The van der Waals surface area contributed by atoms with Crippen molar-refractivity contribution in [3.05, 3.63) is 0 Å². The van der Waals surface area contributed by atoms with Crippen molar-refractivity contribution in [2.75, 3.05) is 13.1 Å². The molecular formula is C14H28N2O. The molecule has 1 fully saturated rings. The Labute approximate surface area is 106 Å². The maximum atomic E-state index is 12.5. The van der Waals surface area contributed by atoms with Crippen LogP contribution in [0.1, 0.15) is 54.9 Å². The summed E-state index contributed by atoms with van der Waals surface area (Å²) in [4.78, 5) is 16.9. The molecule has 0 unspecified atom stereocenters. The molecule has 0 aliphatic carbocycles. The van der Waals surface area contributed by atoms with E-state index < -0.39 is 5.54 Å². The van der Waals surface area contributed by atoms with Crippen molar-refractivity contribution in [3.63, 3.8) is 0 Å². The second-order valence-electron chi connectivity index (χ2n) is 6.56. The molecule has 17 heavy (non-hydrogen) atoms. The predicted molar refractivity (Wildman–Crippen MR) is 72.0 cm³/mol. The first-order valence-electron chi connectivity index (χ1n) is 6.73. The molecule has 3 heteroatoms. The Morgan fingerprint density at radius 1 is 1.24 bits per heavy atom. The molecule has 1 saturated heterocycles. The zero-order valence-electron chi connectivity index (χ0n) is 12.5. The third kappa shape index (κ3) is 2.49. The van der Waals surface area contributed by atoms with Crippen LogP contribution in [-0.2, 0) is 4.79 Å². The largest absolute Gasteiger partial charge is 0.339 e. The average Bonchev–Trinajstić information content (AvgIpc) is 2.11. The lowest BCUT2D eigenvalue weighted by atomic mass is 9.85. The lowest BCUT2D eigenvalue weighted by molar-refractivity contribution is -0.163. The van der Waals surface area contributed by atoms with Gasteiger partial charge in [-0.05, 0) is 48.0 Å². The summed E-state index contributed by atoms with van der Waals surface area (Å²) in [7, 11) is 0. The van der Waals surface area contributed by atoms with Crippen LogP contribution in [-0.4, -0.2) is 45.9 Å². The summed E-state index contributed by atoms with van der Waals surface area (Å²) in [6, 6.07) is 0.382. The summed E-state index contributed by atoms with van der Waals surface area (Å²) < 4.78 is 0. The Morgan fingerprint density at radius 3 is 2.18 bits per heavy atom. The molecule has 0 aromatic carbocycles. The van der Waals surface area contributed by atoms with Crippen molar-refractivity contribution >= 4 is 5.91 Å². The Balaban J connectivity index is 3.09. The number of hydrogen-bond acceptors (Lipinski definition) is 2. The Kier molecular flexibility index (Phi) is 3.92. The molecule has 0 N–H and O–H groups in total. The maximum Gasteiger partial charge on any atom is 0.242 e. The van der Waals surface area contributed by atoms with E-state index in [9.17, 15) is 4.79 Å². The molecule has 0 radical (unpaired) electrons. The van der Waals surface area contributed by atoms with Crippen LogP contribution < -0.4 is 0 Å². The van der Waals surface area contributed by atoms with E-state index >= 15 is 0 Å². The van der Waals surface area contributed by atoms with Gasteiger partial charge in [0.2, 0.25) is 5.91 Å². The highest BCUT2D eigenvalue weighted by Crippen LogP contribution is 2.35. The number of hydrogen-bond donors (Lipinski definition) is 0. The molecular weight excluding hydrogens is 212 g/mol. The van der Waals surface area contributed by atoms with Crippen LogP contribution in [0.5, 0.6) is 0 Å². The lowest BCUT2D eigenvalue weighted by Gasteiger charge is -2.57. The van der Waals surface area contributed by atoms with Gasteiger partial charge in [-0.15, -0.1) is 0 Å². The van der Waals surface area contributed by atoms with Crippen LogP contribution in [0, 0.1) is 0 Å². The van der Waals surface area contributed by atoms with Gasteiger partial charge < -0.3 is 4.90 Å². The fraction of sp³-hybridized carbons (Fsp3) is 0.929. The monoisotopic (exact) mass is 240 g/mol. The standard InChI is InChI=1S/C14H28N2O/c1-8-9-15-10-13(4,5)16(11(2)3)14(6,7)12(15)17/h11H,8-10H2,1-7H3. The van der Waals surface area contributed by atoms with E-state index in [4.69, 9.17) is 0 Å². The molecule has 100 valence electrons. The van der Waals surface area contributed by atoms with Crippen LogP contribution in [0.4, 0.5) is 0 Å². The first-order chi connectivity index (χ1) is 7.64. The first kappa shape index (κ1) is 14.5. The van der Waals surface area contributed by atoms with Gasteiger partial charge in [0.05, 0.1) is 5.54 Å². The minimum absolute atomic E-state index is 0.0424. The van der Waals surface area contributed by atoms with Crippen LogP contribution >= 0.6 is 0 Å². The molecule has 1 rings (SSSR count). The molecule has 0 saturated carbocycles. The highest BCUT2D eigenvalue weighted by Gasteiger charge is 2.50. The van der Waals surface area contributed by atoms with Crippen molar-refractivity contribution in [1.29, 1.82) is 0 Å². The molecule has 0 spiro atoms. The number of carbonyl (C=O) groups is 1. The number of carbonyl (C=O) groups excluding carboxylic acids is 1. The van der Waals surface area contributed by atoms with E-state index in [1.54, 1.807) is 0 Å². The number of amides is 1. The van der Waals surface area contributed by atoms with Gasteiger partial charge in [0.1, 0.15) is 0 Å². The fourth-order valence-corrected chi connectivity index (χ4v) is 3.66. The van der Waals surface area contributed by atoms with Gasteiger partial charge in [0.25, 0.3) is 0 Å². The van der Waals surface area contributed by atoms with Crippen LogP contribution in [0.2, 0.25) is 0 Å². The minimum atomic E-state index is -0.398. The molecule has 0 bridgehead atoms. The van der Waals surface area contributed by atoms with Gasteiger partial charge >= 0.3 is 0 Å². The summed E-state index contributed by atoms with van der Waals surface area (Å²) in [5.41, 5.74) is -0.355. The zero-order valence-corrected chi connectivity index (χ0v) is 12.5. The third-order valence-electron chi connectivity index (χ3n) is 3.65. The molecule has 1 aliphatic heterocycles. The van der Waals surface area contributed by atoms with E-state index in [1.165, 1.54) is 0 Å². The summed E-state index contributed by atoms with van der Waals surface area (Å²) in [6.07, 6.45) is 1.03. The minimum Gasteiger partial charge on any atom is -0.339 e. The highest BCUT2D eigenvalue weighted by molar-refractivity contribution is 5.86. The van der Waals surface area contributed by atoms with E-state index in [0.29, 0.717) is 6.04 Å². The van der Waals surface area contributed by atoms with Gasteiger partial charge in [-0.3, -0.25) is 9.69 Å². The SMILES string of the molecule is CCCN1CC(C)(C)N(C(C)C)C(C)(C)C1=O. The summed E-state index contributed by atoms with van der Waals surface area (Å²) in [5.74, 6) is 0.271. The Hall–Kier alpha value is -0.570. The van der Waals surface area contributed by atoms with Gasteiger partial charge in [-0.2, -0.15) is 0 Å². The van der Waals surface area contributed by atoms with Gasteiger partial charge in [0, 0.05) is 24.7 Å². The summed E-state index contributed by atoms with van der Waals surface area (Å²) in [6.45, 7) is 16.8. The maximum absolute atomic E-state index is 12.5. The lowest BCUT2D eigenvalue weighted by Crippen LogP contribution is -2.72. The van der Waals surface area contributed by atoms with Crippen molar-refractivity contribution in [1.82, 2.24) is 9.80 Å². The second-order valence-corrected chi connectivity index (χ2v) is 6.56. The van der Waals surface area contributed by atoms with E-state index in [0.717, 1.165) is 19.5 Å². The van der Waals surface area contributed by atoms with Crippen molar-refractivity contribution < 1.29 is 4.79 Å². The molecule has 0 aromatic heterocycles. The molecule has 1 aliphatic rings. The fourth-order valence-electron chi connectivity index (χ4n) is 3.66. The van der Waals surface area contributed by atoms with Crippen LogP contribution in [0.3, 0.4) is 0 Å². The quantitative estimate of drug-likeness (QED) is 0.757. The molecule has 3 nitrogen and oxygen atoms in total. The molecule has 1 amide bonds. The predicted octanol–water partition coefficient (Wildman–Crippen LogP) is 2.51. The number of rotatable bonds is 3. The highest BCUT2D eigenvalue weighted by atomic mass is 16.2. The average molecular weight is 240 g/mol. The van der Waals surface area contributed by atoms with Crippen LogP contribution in [0.25, 0.3) is 0 Å². The topological polar surface area (TPSA) is 23.6 Å². The smallest absolute Gasteiger partial charge is 0.242 e. The van der Waals surface area contributed by atoms with Gasteiger partial charge in [-0.1, -0.05) is 6.92 Å². The summed E-state index contributed by atoms with van der Waals surface area (Å²) >= 11 is 0.